The molecule has 0 heterocycles. The number of anilines is 1. The SMILES string of the molecule is Cc1cc(NN)ccc1C(=O)NC(CC(C)C)CN(C)C. The van der Waals surface area contributed by atoms with Gasteiger partial charge in [-0.15, -0.1) is 0 Å². The number of carbonyl (C=O) groups excluding carboxylic acids is 1. The van der Waals surface area contributed by atoms with E-state index in [4.69, 9.17) is 5.84 Å². The Morgan fingerprint density at radius 3 is 2.48 bits per heavy atom. The molecule has 0 saturated carbocycles. The molecule has 0 aliphatic carbocycles. The molecule has 0 bridgehead atoms. The van der Waals surface area contributed by atoms with Crippen molar-refractivity contribution < 1.29 is 4.79 Å². The van der Waals surface area contributed by atoms with Gasteiger partial charge in [-0.2, -0.15) is 0 Å². The lowest BCUT2D eigenvalue weighted by Gasteiger charge is -2.24. The molecular weight excluding hydrogens is 264 g/mol. The molecule has 0 aromatic heterocycles. The van der Waals surface area contributed by atoms with Crippen LogP contribution < -0.4 is 16.6 Å². The van der Waals surface area contributed by atoms with Crippen LogP contribution in [0.3, 0.4) is 0 Å². The number of hydrogen-bond donors (Lipinski definition) is 3. The molecule has 1 rings (SSSR count). The van der Waals surface area contributed by atoms with Gasteiger partial charge in [0.25, 0.3) is 5.91 Å². The van der Waals surface area contributed by atoms with Crippen LogP contribution in [0.1, 0.15) is 36.2 Å². The summed E-state index contributed by atoms with van der Waals surface area (Å²) in [4.78, 5) is 14.6. The van der Waals surface area contributed by atoms with Crippen molar-refractivity contribution in [3.63, 3.8) is 0 Å². The van der Waals surface area contributed by atoms with Gasteiger partial charge in [-0.05, 0) is 57.1 Å². The normalized spacial score (nSPS) is 12.6. The molecule has 21 heavy (non-hydrogen) atoms. The summed E-state index contributed by atoms with van der Waals surface area (Å²) in [7, 11) is 4.04. The van der Waals surface area contributed by atoms with Crippen LogP contribution in [0.15, 0.2) is 18.2 Å². The number of amides is 1. The molecule has 0 aliphatic rings. The minimum absolute atomic E-state index is 0.0245. The van der Waals surface area contributed by atoms with Crippen LogP contribution >= 0.6 is 0 Å². The van der Waals surface area contributed by atoms with Crippen molar-refractivity contribution in [2.24, 2.45) is 11.8 Å². The molecule has 0 aliphatic heterocycles. The number of benzene rings is 1. The maximum atomic E-state index is 12.5. The number of hydrogen-bond acceptors (Lipinski definition) is 4. The summed E-state index contributed by atoms with van der Waals surface area (Å²) in [5.74, 6) is 5.90. The standard InChI is InChI=1S/C16H28N4O/c1-11(2)8-14(10-20(4)5)18-16(21)15-7-6-13(19-17)9-12(15)3/h6-7,9,11,14,19H,8,10,17H2,1-5H3,(H,18,21). The maximum Gasteiger partial charge on any atom is 0.251 e. The van der Waals surface area contributed by atoms with Gasteiger partial charge in [0.05, 0.1) is 0 Å². The predicted octanol–water partition coefficient (Wildman–Crippen LogP) is 1.99. The van der Waals surface area contributed by atoms with Crippen LogP contribution in [0, 0.1) is 12.8 Å². The van der Waals surface area contributed by atoms with Gasteiger partial charge in [0.2, 0.25) is 0 Å². The average molecular weight is 292 g/mol. The van der Waals surface area contributed by atoms with E-state index in [-0.39, 0.29) is 11.9 Å². The van der Waals surface area contributed by atoms with Crippen LogP contribution in [0.5, 0.6) is 0 Å². The van der Waals surface area contributed by atoms with Gasteiger partial charge in [-0.1, -0.05) is 13.8 Å². The molecule has 118 valence electrons. The molecular formula is C16H28N4O. The van der Waals surface area contributed by atoms with E-state index < -0.39 is 0 Å². The first kappa shape index (κ1) is 17.5. The number of nitrogens with one attached hydrogen (secondary N) is 2. The van der Waals surface area contributed by atoms with Crippen LogP contribution in [0.2, 0.25) is 0 Å². The van der Waals surface area contributed by atoms with Crippen molar-refractivity contribution in [3.8, 4) is 0 Å². The Labute approximate surface area is 127 Å². The Balaban J connectivity index is 2.81. The largest absolute Gasteiger partial charge is 0.348 e. The molecule has 4 N–H and O–H groups in total. The van der Waals surface area contributed by atoms with Gasteiger partial charge in [-0.3, -0.25) is 10.6 Å². The summed E-state index contributed by atoms with van der Waals surface area (Å²) in [5, 5.41) is 3.14. The number of nitrogens with zero attached hydrogens (tertiary/aromatic N) is 1. The molecule has 0 radical (unpaired) electrons. The van der Waals surface area contributed by atoms with Crippen LogP contribution in [-0.2, 0) is 0 Å². The van der Waals surface area contributed by atoms with Crippen molar-refractivity contribution in [1.82, 2.24) is 10.2 Å². The Morgan fingerprint density at radius 1 is 1.33 bits per heavy atom. The van der Waals surface area contributed by atoms with Crippen LogP contribution in [0.25, 0.3) is 0 Å². The highest BCUT2D eigenvalue weighted by Gasteiger charge is 2.17. The number of hydrazine groups is 1. The Hall–Kier alpha value is -1.59. The second-order valence-electron chi connectivity index (χ2n) is 6.24. The molecule has 5 heteroatoms. The first-order valence-electron chi connectivity index (χ1n) is 7.36. The van der Waals surface area contributed by atoms with Gasteiger partial charge in [0.15, 0.2) is 0 Å². The fourth-order valence-corrected chi connectivity index (χ4v) is 2.46. The first-order valence-corrected chi connectivity index (χ1v) is 7.36. The lowest BCUT2D eigenvalue weighted by Crippen LogP contribution is -2.42. The monoisotopic (exact) mass is 292 g/mol. The second kappa shape index (κ2) is 8.00. The predicted molar refractivity (Wildman–Crippen MR) is 88.3 cm³/mol. The molecule has 1 aromatic rings. The van der Waals surface area contributed by atoms with Gasteiger partial charge in [0.1, 0.15) is 0 Å². The van der Waals surface area contributed by atoms with E-state index in [0.717, 1.165) is 24.2 Å². The third kappa shape index (κ3) is 5.73. The maximum absolute atomic E-state index is 12.5. The van der Waals surface area contributed by atoms with Crippen molar-refractivity contribution in [2.45, 2.75) is 33.2 Å². The highest BCUT2D eigenvalue weighted by Crippen LogP contribution is 2.15. The Bertz CT molecular complexity index is 461. The number of nitrogen functional groups attached to an aromatic ring is 1. The summed E-state index contributed by atoms with van der Waals surface area (Å²) in [6, 6.07) is 5.64. The summed E-state index contributed by atoms with van der Waals surface area (Å²) >= 11 is 0. The molecule has 1 amide bonds. The zero-order chi connectivity index (χ0) is 16.0. The highest BCUT2D eigenvalue weighted by atomic mass is 16.1. The zero-order valence-corrected chi connectivity index (χ0v) is 13.7. The minimum atomic E-state index is -0.0245. The fraction of sp³-hybridized carbons (Fsp3) is 0.562. The number of nitrogens with two attached hydrogens (primary N) is 1. The molecule has 0 spiro atoms. The van der Waals surface area contributed by atoms with E-state index in [2.05, 4.69) is 29.5 Å². The average Bonchev–Trinajstić information content (AvgIpc) is 2.36. The quantitative estimate of drug-likeness (QED) is 0.531. The molecule has 0 saturated heterocycles. The first-order chi connectivity index (χ1) is 9.83. The zero-order valence-electron chi connectivity index (χ0n) is 13.7. The number of likely N-dealkylation sites (N-methyl/N-ethyl adjacent to an activating group) is 1. The van der Waals surface area contributed by atoms with E-state index in [0.29, 0.717) is 11.5 Å². The fourth-order valence-electron chi connectivity index (χ4n) is 2.46. The van der Waals surface area contributed by atoms with Crippen molar-refractivity contribution in [2.75, 3.05) is 26.1 Å². The van der Waals surface area contributed by atoms with E-state index in [9.17, 15) is 4.79 Å². The van der Waals surface area contributed by atoms with E-state index in [1.54, 1.807) is 0 Å². The van der Waals surface area contributed by atoms with E-state index >= 15 is 0 Å². The van der Waals surface area contributed by atoms with Crippen LogP contribution in [-0.4, -0.2) is 37.5 Å². The number of rotatable bonds is 7. The van der Waals surface area contributed by atoms with Crippen molar-refractivity contribution in [1.29, 1.82) is 0 Å². The summed E-state index contributed by atoms with van der Waals surface area (Å²) < 4.78 is 0. The molecule has 1 unspecified atom stereocenters. The molecule has 0 fully saturated rings. The van der Waals surface area contributed by atoms with Gasteiger partial charge >= 0.3 is 0 Å². The highest BCUT2D eigenvalue weighted by molar-refractivity contribution is 5.96. The molecule has 1 atom stereocenters. The lowest BCUT2D eigenvalue weighted by atomic mass is 10.0. The minimum Gasteiger partial charge on any atom is -0.348 e. The smallest absolute Gasteiger partial charge is 0.251 e. The summed E-state index contributed by atoms with van der Waals surface area (Å²) in [6.07, 6.45) is 0.964. The summed E-state index contributed by atoms with van der Waals surface area (Å²) in [6.45, 7) is 7.09. The van der Waals surface area contributed by atoms with E-state index in [1.165, 1.54) is 0 Å². The van der Waals surface area contributed by atoms with E-state index in [1.807, 2.05) is 39.2 Å². The second-order valence-corrected chi connectivity index (χ2v) is 6.24. The topological polar surface area (TPSA) is 70.4 Å². The summed E-state index contributed by atoms with van der Waals surface area (Å²) in [5.41, 5.74) is 5.00. The van der Waals surface area contributed by atoms with Gasteiger partial charge < -0.3 is 15.6 Å². The molecule has 1 aromatic carbocycles. The Morgan fingerprint density at radius 2 is 2.00 bits per heavy atom. The van der Waals surface area contributed by atoms with Crippen molar-refractivity contribution in [3.05, 3.63) is 29.3 Å². The number of carbonyl (C=O) groups is 1. The lowest BCUT2D eigenvalue weighted by molar-refractivity contribution is 0.0924. The van der Waals surface area contributed by atoms with Gasteiger partial charge in [-0.25, -0.2) is 0 Å². The number of aryl methyl sites for hydroxylation is 1. The third-order valence-electron chi connectivity index (χ3n) is 3.31. The Kier molecular flexibility index (Phi) is 6.65. The van der Waals surface area contributed by atoms with Gasteiger partial charge in [0, 0.05) is 23.8 Å². The third-order valence-corrected chi connectivity index (χ3v) is 3.31. The van der Waals surface area contributed by atoms with Crippen LogP contribution in [0.4, 0.5) is 5.69 Å². The molecule has 5 nitrogen and oxygen atoms in total. The van der Waals surface area contributed by atoms with Crippen molar-refractivity contribution >= 4 is 11.6 Å².